The molecule has 0 radical (unpaired) electrons. The summed E-state index contributed by atoms with van der Waals surface area (Å²) < 4.78 is 14.1. The molecule has 27 heavy (non-hydrogen) atoms. The number of hydrogen-bond acceptors (Lipinski definition) is 8. The van der Waals surface area contributed by atoms with Crippen molar-refractivity contribution in [1.82, 2.24) is 4.98 Å². The maximum atomic E-state index is 12.7. The van der Waals surface area contributed by atoms with Gasteiger partial charge in [-0.25, -0.2) is 4.79 Å². The molecule has 1 aliphatic heterocycles. The van der Waals surface area contributed by atoms with Crippen LogP contribution in [0, 0.1) is 0 Å². The van der Waals surface area contributed by atoms with Crippen LogP contribution >= 0.6 is 0 Å². The molecule has 0 aromatic carbocycles. The Bertz CT molecular complexity index is 793. The first-order chi connectivity index (χ1) is 12.8. The van der Waals surface area contributed by atoms with Crippen LogP contribution in [0.2, 0.25) is 0 Å². The van der Waals surface area contributed by atoms with E-state index in [1.54, 1.807) is 0 Å². The van der Waals surface area contributed by atoms with E-state index in [-0.39, 0.29) is 48.2 Å². The number of rotatable bonds is 8. The molecule has 0 spiro atoms. The van der Waals surface area contributed by atoms with Crippen LogP contribution in [0.3, 0.4) is 0 Å². The third-order valence-corrected chi connectivity index (χ3v) is 4.21. The first kappa shape index (κ1) is 20.1. The number of methoxy groups -OCH3 is 2. The molecular formula is C17H19NO9. The standard InChI is InChI=1S/C17H19NO9/c1-25-11(19)5-3-8-9(7-13(21)26-2)15(17(23)24)18-14(8)16(22)10-4-6-12(20)27-10/h10,18H,3-7H2,1-2H3,(H,23,24). The van der Waals surface area contributed by atoms with Crippen molar-refractivity contribution >= 4 is 29.7 Å². The van der Waals surface area contributed by atoms with Crippen molar-refractivity contribution in [1.29, 1.82) is 0 Å². The lowest BCUT2D eigenvalue weighted by Crippen LogP contribution is -2.22. The molecule has 1 atom stereocenters. The highest BCUT2D eigenvalue weighted by Crippen LogP contribution is 2.27. The lowest BCUT2D eigenvalue weighted by Gasteiger charge is -2.10. The van der Waals surface area contributed by atoms with Gasteiger partial charge in [-0.3, -0.25) is 19.2 Å². The predicted molar refractivity (Wildman–Crippen MR) is 87.3 cm³/mol. The molecule has 1 fully saturated rings. The normalized spacial score (nSPS) is 15.9. The van der Waals surface area contributed by atoms with Gasteiger partial charge in [0, 0.05) is 19.3 Å². The molecule has 2 heterocycles. The molecule has 1 unspecified atom stereocenters. The van der Waals surface area contributed by atoms with E-state index in [0.29, 0.717) is 0 Å². The molecule has 1 aromatic heterocycles. The smallest absolute Gasteiger partial charge is 0.352 e. The second kappa shape index (κ2) is 8.47. The number of hydrogen-bond donors (Lipinski definition) is 2. The number of carbonyl (C=O) groups is 5. The van der Waals surface area contributed by atoms with Crippen molar-refractivity contribution in [2.45, 2.75) is 38.2 Å². The molecule has 2 rings (SSSR count). The molecule has 1 saturated heterocycles. The van der Waals surface area contributed by atoms with E-state index < -0.39 is 42.2 Å². The Morgan fingerprint density at radius 2 is 1.78 bits per heavy atom. The molecule has 0 amide bonds. The average molecular weight is 381 g/mol. The number of ketones is 1. The summed E-state index contributed by atoms with van der Waals surface area (Å²) in [5, 5.41) is 9.43. The van der Waals surface area contributed by atoms with Crippen LogP contribution in [0.1, 0.15) is 51.4 Å². The van der Waals surface area contributed by atoms with Gasteiger partial charge in [0.2, 0.25) is 5.78 Å². The molecule has 146 valence electrons. The van der Waals surface area contributed by atoms with Crippen molar-refractivity contribution in [3.8, 4) is 0 Å². The van der Waals surface area contributed by atoms with Gasteiger partial charge in [0.1, 0.15) is 5.69 Å². The van der Waals surface area contributed by atoms with E-state index in [9.17, 15) is 29.1 Å². The van der Waals surface area contributed by atoms with Gasteiger partial charge in [-0.2, -0.15) is 0 Å². The van der Waals surface area contributed by atoms with Crippen molar-refractivity contribution in [3.63, 3.8) is 0 Å². The third-order valence-electron chi connectivity index (χ3n) is 4.21. The summed E-state index contributed by atoms with van der Waals surface area (Å²) in [5.74, 6) is -3.79. The first-order valence-electron chi connectivity index (χ1n) is 8.12. The quantitative estimate of drug-likeness (QED) is 0.371. The molecule has 1 aromatic rings. The first-order valence-corrected chi connectivity index (χ1v) is 8.12. The summed E-state index contributed by atoms with van der Waals surface area (Å²) in [7, 11) is 2.34. The lowest BCUT2D eigenvalue weighted by molar-refractivity contribution is -0.141. The summed E-state index contributed by atoms with van der Waals surface area (Å²) >= 11 is 0. The number of aromatic amines is 1. The maximum absolute atomic E-state index is 12.7. The van der Waals surface area contributed by atoms with Crippen LogP contribution in [0.25, 0.3) is 0 Å². The van der Waals surface area contributed by atoms with E-state index >= 15 is 0 Å². The Kier molecular flexibility index (Phi) is 6.32. The van der Waals surface area contributed by atoms with Gasteiger partial charge < -0.3 is 24.3 Å². The Morgan fingerprint density at radius 1 is 1.11 bits per heavy atom. The fraction of sp³-hybridized carbons (Fsp3) is 0.471. The van der Waals surface area contributed by atoms with Gasteiger partial charge in [0.15, 0.2) is 6.10 Å². The van der Waals surface area contributed by atoms with E-state index in [0.717, 1.165) is 7.11 Å². The molecule has 0 aliphatic carbocycles. The zero-order chi connectivity index (χ0) is 20.1. The van der Waals surface area contributed by atoms with Crippen molar-refractivity contribution in [2.24, 2.45) is 0 Å². The number of carbonyl (C=O) groups excluding carboxylic acids is 4. The zero-order valence-corrected chi connectivity index (χ0v) is 14.8. The van der Waals surface area contributed by atoms with Crippen molar-refractivity contribution in [3.05, 3.63) is 22.5 Å². The van der Waals surface area contributed by atoms with Crippen LogP contribution in [0.15, 0.2) is 0 Å². The number of Topliss-reactive ketones (excluding diaryl/α,β-unsaturated/α-hetero) is 1. The van der Waals surface area contributed by atoms with Gasteiger partial charge in [0.25, 0.3) is 0 Å². The fourth-order valence-corrected chi connectivity index (χ4v) is 2.86. The number of ether oxygens (including phenoxy) is 3. The molecule has 2 N–H and O–H groups in total. The fourth-order valence-electron chi connectivity index (χ4n) is 2.86. The van der Waals surface area contributed by atoms with Crippen molar-refractivity contribution in [2.75, 3.05) is 14.2 Å². The molecule has 1 aliphatic rings. The van der Waals surface area contributed by atoms with Gasteiger partial charge in [0.05, 0.1) is 26.3 Å². The summed E-state index contributed by atoms with van der Waals surface area (Å²) in [6.07, 6.45) is -1.36. The monoisotopic (exact) mass is 381 g/mol. The molecule has 0 saturated carbocycles. The van der Waals surface area contributed by atoms with Crippen LogP contribution < -0.4 is 0 Å². The number of aromatic carboxylic acids is 1. The summed E-state index contributed by atoms with van der Waals surface area (Å²) in [5.41, 5.74) is -0.218. The van der Waals surface area contributed by atoms with Gasteiger partial charge in [-0.15, -0.1) is 0 Å². The number of H-pyrrole nitrogens is 1. The third kappa shape index (κ3) is 4.52. The minimum atomic E-state index is -1.38. The molecule has 10 nitrogen and oxygen atoms in total. The highest BCUT2D eigenvalue weighted by Gasteiger charge is 2.35. The second-order valence-corrected chi connectivity index (χ2v) is 5.85. The maximum Gasteiger partial charge on any atom is 0.352 e. The number of aromatic nitrogens is 1. The number of carboxylic acids is 1. The summed E-state index contributed by atoms with van der Waals surface area (Å²) in [4.78, 5) is 61.3. The van der Waals surface area contributed by atoms with E-state index in [1.807, 2.05) is 0 Å². The Balaban J connectivity index is 2.48. The zero-order valence-electron chi connectivity index (χ0n) is 14.8. The van der Waals surface area contributed by atoms with Crippen LogP contribution in [-0.2, 0) is 41.4 Å². The molecule has 0 bridgehead atoms. The number of carboxylic acid groups (broad SMARTS) is 1. The van der Waals surface area contributed by atoms with E-state index in [1.165, 1.54) is 7.11 Å². The Hall–Kier alpha value is -3.17. The summed E-state index contributed by atoms with van der Waals surface area (Å²) in [6.45, 7) is 0. The molecule has 10 heteroatoms. The number of cyclic esters (lactones) is 1. The average Bonchev–Trinajstić information content (AvgIpc) is 3.22. The molecular weight excluding hydrogens is 362 g/mol. The van der Waals surface area contributed by atoms with Crippen LogP contribution in [-0.4, -0.2) is 60.1 Å². The topological polar surface area (TPSA) is 149 Å². The van der Waals surface area contributed by atoms with E-state index in [4.69, 9.17) is 4.74 Å². The second-order valence-electron chi connectivity index (χ2n) is 5.85. The number of esters is 3. The SMILES string of the molecule is COC(=O)CCc1c(C(=O)C2CCC(=O)O2)[nH]c(C(=O)O)c1CC(=O)OC. The number of nitrogens with one attached hydrogen (secondary N) is 1. The highest BCUT2D eigenvalue weighted by molar-refractivity contribution is 6.04. The Morgan fingerprint density at radius 3 is 2.30 bits per heavy atom. The summed E-state index contributed by atoms with van der Waals surface area (Å²) in [6, 6.07) is 0. The van der Waals surface area contributed by atoms with Gasteiger partial charge >= 0.3 is 23.9 Å². The minimum Gasteiger partial charge on any atom is -0.477 e. The van der Waals surface area contributed by atoms with Crippen LogP contribution in [0.4, 0.5) is 0 Å². The van der Waals surface area contributed by atoms with E-state index in [2.05, 4.69) is 14.5 Å². The largest absolute Gasteiger partial charge is 0.477 e. The van der Waals surface area contributed by atoms with Gasteiger partial charge in [-0.1, -0.05) is 0 Å². The predicted octanol–water partition coefficient (Wildman–Crippen LogP) is 0.422. The lowest BCUT2D eigenvalue weighted by atomic mass is 9.97. The highest BCUT2D eigenvalue weighted by atomic mass is 16.6. The minimum absolute atomic E-state index is 0.0372. The van der Waals surface area contributed by atoms with Crippen LogP contribution in [0.5, 0.6) is 0 Å². The van der Waals surface area contributed by atoms with Crippen molar-refractivity contribution < 1.29 is 43.3 Å². The Labute approximate surface area is 153 Å². The van der Waals surface area contributed by atoms with Gasteiger partial charge in [-0.05, 0) is 17.5 Å².